The van der Waals surface area contributed by atoms with Gasteiger partial charge in [-0.2, -0.15) is 0 Å². The number of benzene rings is 2. The predicted molar refractivity (Wildman–Crippen MR) is 120 cm³/mol. The summed E-state index contributed by atoms with van der Waals surface area (Å²) < 4.78 is 30.6. The van der Waals surface area contributed by atoms with Crippen LogP contribution in [0.4, 0.5) is 5.69 Å². The van der Waals surface area contributed by atoms with Crippen molar-refractivity contribution in [3.63, 3.8) is 0 Å². The Labute approximate surface area is 176 Å². The Balaban J connectivity index is 2.17. The monoisotopic (exact) mass is 429 g/mol. The minimum absolute atomic E-state index is 0.0205. The molecular formula is C22H27N3O4S. The van der Waals surface area contributed by atoms with E-state index in [1.165, 1.54) is 34.1 Å². The zero-order valence-electron chi connectivity index (χ0n) is 17.9. The predicted octanol–water partition coefficient (Wildman–Crippen LogP) is 2.97. The van der Waals surface area contributed by atoms with Crippen LogP contribution in [-0.2, 0) is 24.1 Å². The maximum Gasteiger partial charge on any atom is 0.330 e. The number of sulfonamides is 1. The lowest BCUT2D eigenvalue weighted by Crippen LogP contribution is -2.37. The summed E-state index contributed by atoms with van der Waals surface area (Å²) in [6, 6.07) is 11.8. The first-order valence-electron chi connectivity index (χ1n) is 9.92. The Morgan fingerprint density at radius 3 is 2.17 bits per heavy atom. The van der Waals surface area contributed by atoms with E-state index in [0.717, 1.165) is 10.1 Å². The van der Waals surface area contributed by atoms with Gasteiger partial charge in [0.25, 0.3) is 15.6 Å². The van der Waals surface area contributed by atoms with Gasteiger partial charge in [-0.3, -0.25) is 18.2 Å². The third-order valence-electron chi connectivity index (χ3n) is 5.30. The van der Waals surface area contributed by atoms with Gasteiger partial charge >= 0.3 is 5.69 Å². The van der Waals surface area contributed by atoms with Crippen LogP contribution in [0.5, 0.6) is 0 Å². The molecule has 0 amide bonds. The number of hydrogen-bond acceptors (Lipinski definition) is 4. The quantitative estimate of drug-likeness (QED) is 0.603. The fourth-order valence-electron chi connectivity index (χ4n) is 3.48. The summed E-state index contributed by atoms with van der Waals surface area (Å²) in [7, 11) is -0.962. The van der Waals surface area contributed by atoms with Gasteiger partial charge in [-0.1, -0.05) is 32.9 Å². The fourth-order valence-corrected chi connectivity index (χ4v) is 5.06. The van der Waals surface area contributed by atoms with Crippen molar-refractivity contribution >= 4 is 26.6 Å². The second-order valence-electron chi connectivity index (χ2n) is 7.71. The van der Waals surface area contributed by atoms with E-state index in [-0.39, 0.29) is 10.3 Å². The molecule has 0 aliphatic heterocycles. The Kier molecular flexibility index (Phi) is 5.90. The molecule has 0 aliphatic carbocycles. The molecule has 30 heavy (non-hydrogen) atoms. The van der Waals surface area contributed by atoms with Gasteiger partial charge in [0.15, 0.2) is 0 Å². The second kappa shape index (κ2) is 8.10. The van der Waals surface area contributed by atoms with Crippen molar-refractivity contribution in [1.29, 1.82) is 0 Å². The minimum atomic E-state index is -3.90. The molecule has 0 atom stereocenters. The van der Waals surface area contributed by atoms with Crippen molar-refractivity contribution in [2.24, 2.45) is 14.1 Å². The van der Waals surface area contributed by atoms with E-state index in [4.69, 9.17) is 0 Å². The molecule has 8 heteroatoms. The van der Waals surface area contributed by atoms with Gasteiger partial charge in [0.2, 0.25) is 0 Å². The zero-order valence-corrected chi connectivity index (χ0v) is 18.7. The van der Waals surface area contributed by atoms with Gasteiger partial charge < -0.3 is 0 Å². The van der Waals surface area contributed by atoms with Crippen LogP contribution < -0.4 is 15.6 Å². The molecule has 0 N–H and O–H groups in total. The first-order valence-corrected chi connectivity index (χ1v) is 11.4. The fraction of sp³-hybridized carbons (Fsp3) is 0.364. The third kappa shape index (κ3) is 3.67. The van der Waals surface area contributed by atoms with Gasteiger partial charge in [-0.05, 0) is 48.2 Å². The van der Waals surface area contributed by atoms with Crippen LogP contribution in [0.25, 0.3) is 10.9 Å². The van der Waals surface area contributed by atoms with E-state index < -0.39 is 21.3 Å². The summed E-state index contributed by atoms with van der Waals surface area (Å²) >= 11 is 0. The average molecular weight is 430 g/mol. The lowest BCUT2D eigenvalue weighted by Gasteiger charge is -2.24. The molecule has 0 saturated heterocycles. The lowest BCUT2D eigenvalue weighted by molar-refractivity contribution is 0.590. The first kappa shape index (κ1) is 21.8. The summed E-state index contributed by atoms with van der Waals surface area (Å²) in [5.41, 5.74) is 1.12. The van der Waals surface area contributed by atoms with E-state index in [9.17, 15) is 18.0 Å². The van der Waals surface area contributed by atoms with Crippen molar-refractivity contribution in [2.45, 2.75) is 38.0 Å². The van der Waals surface area contributed by atoms with Crippen molar-refractivity contribution in [1.82, 2.24) is 9.13 Å². The largest absolute Gasteiger partial charge is 0.330 e. The SMILES string of the molecule is CCCN(c1ccc(C(C)C)cc1)S(=O)(=O)c1ccc2c(c1)c(=O)n(C)c(=O)n2C. The van der Waals surface area contributed by atoms with Crippen LogP contribution in [0.3, 0.4) is 0 Å². The van der Waals surface area contributed by atoms with Gasteiger partial charge in [0.1, 0.15) is 0 Å². The molecule has 0 unspecified atom stereocenters. The molecule has 0 radical (unpaired) electrons. The van der Waals surface area contributed by atoms with Gasteiger partial charge in [0.05, 0.1) is 21.5 Å². The number of aromatic nitrogens is 2. The van der Waals surface area contributed by atoms with Crippen LogP contribution in [0.2, 0.25) is 0 Å². The number of rotatable bonds is 6. The molecule has 160 valence electrons. The van der Waals surface area contributed by atoms with Gasteiger partial charge in [-0.15, -0.1) is 0 Å². The van der Waals surface area contributed by atoms with E-state index >= 15 is 0 Å². The molecule has 1 heterocycles. The van der Waals surface area contributed by atoms with E-state index in [1.807, 2.05) is 31.2 Å². The van der Waals surface area contributed by atoms with Crippen LogP contribution in [-0.4, -0.2) is 24.1 Å². The number of anilines is 1. The second-order valence-corrected chi connectivity index (χ2v) is 9.57. The molecule has 3 rings (SSSR count). The summed E-state index contributed by atoms with van der Waals surface area (Å²) in [5, 5.41) is 0.187. The number of fused-ring (bicyclic) bond motifs is 1. The maximum atomic E-state index is 13.5. The van der Waals surface area contributed by atoms with Crippen molar-refractivity contribution in [2.75, 3.05) is 10.8 Å². The first-order chi connectivity index (χ1) is 14.1. The summed E-state index contributed by atoms with van der Waals surface area (Å²) in [5.74, 6) is 0.346. The smallest absolute Gasteiger partial charge is 0.296 e. The Hall–Kier alpha value is -2.87. The molecule has 0 bridgehead atoms. The molecule has 2 aromatic carbocycles. The zero-order chi connectivity index (χ0) is 22.2. The highest BCUT2D eigenvalue weighted by molar-refractivity contribution is 7.92. The van der Waals surface area contributed by atoms with E-state index in [0.29, 0.717) is 30.1 Å². The number of aryl methyl sites for hydroxylation is 1. The standard InChI is InChI=1S/C22H27N3O4S/c1-6-13-25(17-9-7-16(8-10-17)15(2)3)30(28,29)18-11-12-20-19(14-18)21(26)24(5)22(27)23(20)4/h7-12,14-15H,6,13H2,1-5H3. The van der Waals surface area contributed by atoms with Crippen LogP contribution in [0.15, 0.2) is 56.9 Å². The molecule has 0 saturated carbocycles. The van der Waals surface area contributed by atoms with E-state index in [2.05, 4.69) is 13.8 Å². The lowest BCUT2D eigenvalue weighted by atomic mass is 10.0. The Morgan fingerprint density at radius 2 is 1.60 bits per heavy atom. The molecule has 1 aromatic heterocycles. The summed E-state index contributed by atoms with van der Waals surface area (Å²) in [4.78, 5) is 24.7. The maximum absolute atomic E-state index is 13.5. The Morgan fingerprint density at radius 1 is 0.967 bits per heavy atom. The Bertz CT molecular complexity index is 1300. The average Bonchev–Trinajstić information content (AvgIpc) is 2.74. The van der Waals surface area contributed by atoms with Crippen molar-refractivity contribution in [3.8, 4) is 0 Å². The molecule has 7 nitrogen and oxygen atoms in total. The molecular weight excluding hydrogens is 402 g/mol. The molecule has 3 aromatic rings. The minimum Gasteiger partial charge on any atom is -0.296 e. The van der Waals surface area contributed by atoms with Gasteiger partial charge in [0, 0.05) is 20.6 Å². The summed E-state index contributed by atoms with van der Waals surface area (Å²) in [6.45, 7) is 6.39. The highest BCUT2D eigenvalue weighted by Crippen LogP contribution is 2.27. The van der Waals surface area contributed by atoms with Crippen molar-refractivity contribution < 1.29 is 8.42 Å². The van der Waals surface area contributed by atoms with Crippen molar-refractivity contribution in [3.05, 3.63) is 68.9 Å². The topological polar surface area (TPSA) is 81.4 Å². The molecule has 0 aliphatic rings. The van der Waals surface area contributed by atoms with E-state index in [1.54, 1.807) is 7.05 Å². The normalized spacial score (nSPS) is 11.9. The highest BCUT2D eigenvalue weighted by atomic mass is 32.2. The number of nitrogens with zero attached hydrogens (tertiary/aromatic N) is 3. The van der Waals surface area contributed by atoms with Gasteiger partial charge in [-0.25, -0.2) is 13.2 Å². The number of hydrogen-bond donors (Lipinski definition) is 0. The molecule has 0 fully saturated rings. The molecule has 0 spiro atoms. The van der Waals surface area contributed by atoms with Crippen LogP contribution in [0, 0.1) is 0 Å². The third-order valence-corrected chi connectivity index (χ3v) is 7.12. The van der Waals surface area contributed by atoms with Crippen LogP contribution >= 0.6 is 0 Å². The highest BCUT2D eigenvalue weighted by Gasteiger charge is 2.25. The van der Waals surface area contributed by atoms with Crippen LogP contribution in [0.1, 0.15) is 38.7 Å². The summed E-state index contributed by atoms with van der Waals surface area (Å²) in [6.07, 6.45) is 0.634.